The Hall–Kier alpha value is -3.14. The van der Waals surface area contributed by atoms with Gasteiger partial charge in [-0.25, -0.2) is 13.7 Å². The van der Waals surface area contributed by atoms with E-state index in [0.29, 0.717) is 0 Å². The zero-order valence-electron chi connectivity index (χ0n) is 18.9. The number of aryl methyl sites for hydroxylation is 6. The fraction of sp³-hybridized carbons (Fsp3) is 0.308. The summed E-state index contributed by atoms with van der Waals surface area (Å²) in [4.78, 5) is 3.22. The minimum atomic E-state index is 0.220. The van der Waals surface area contributed by atoms with Crippen molar-refractivity contribution in [1.29, 1.82) is 0 Å². The van der Waals surface area contributed by atoms with Gasteiger partial charge in [-0.3, -0.25) is 4.98 Å². The first-order valence-electron chi connectivity index (χ1n) is 10.6. The van der Waals surface area contributed by atoms with Crippen molar-refractivity contribution in [2.24, 2.45) is 0 Å². The molecular formula is C26H32N4+2. The van der Waals surface area contributed by atoms with Crippen LogP contribution in [0.4, 0.5) is 0 Å². The van der Waals surface area contributed by atoms with Gasteiger partial charge in [0.2, 0.25) is 12.7 Å². The van der Waals surface area contributed by atoms with Crippen LogP contribution in [0.15, 0.2) is 61.7 Å². The van der Waals surface area contributed by atoms with E-state index in [1.54, 1.807) is 0 Å². The number of aromatic amines is 1. The van der Waals surface area contributed by atoms with Crippen LogP contribution in [0.3, 0.4) is 0 Å². The lowest BCUT2D eigenvalue weighted by atomic mass is 9.93. The molecule has 0 saturated heterocycles. The fourth-order valence-electron chi connectivity index (χ4n) is 4.96. The predicted molar refractivity (Wildman–Crippen MR) is 120 cm³/mol. The normalized spacial score (nSPS) is 12.3. The summed E-state index contributed by atoms with van der Waals surface area (Å²) >= 11 is 0. The first-order chi connectivity index (χ1) is 14.3. The summed E-state index contributed by atoms with van der Waals surface area (Å²) in [6.45, 7) is 14.0. The second kappa shape index (κ2) is 7.94. The van der Waals surface area contributed by atoms with Gasteiger partial charge in [0.1, 0.15) is 37.0 Å². The highest BCUT2D eigenvalue weighted by Gasteiger charge is 2.26. The van der Waals surface area contributed by atoms with E-state index >= 15 is 0 Å². The van der Waals surface area contributed by atoms with Crippen LogP contribution in [0.25, 0.3) is 5.69 Å². The van der Waals surface area contributed by atoms with E-state index in [0.717, 1.165) is 6.54 Å². The van der Waals surface area contributed by atoms with Crippen LogP contribution in [0.2, 0.25) is 0 Å². The van der Waals surface area contributed by atoms with Gasteiger partial charge >= 0.3 is 0 Å². The average Bonchev–Trinajstić information content (AvgIpc) is 3.31. The summed E-state index contributed by atoms with van der Waals surface area (Å²) in [7, 11) is 0. The lowest BCUT2D eigenvalue weighted by molar-refractivity contribution is -0.790. The van der Waals surface area contributed by atoms with Crippen molar-refractivity contribution in [1.82, 2.24) is 9.55 Å². The standard InChI is InChI=1S/C26H31N4/c1-18-11-20(3)25(21(4)12-18)24(29-8-7-27-16-29)15-28-9-10-30(17-28)26-22(5)13-19(2)14-23(26)6/h7-14,16-17,24H,15H2,1-6H3/q+1/p+1. The Morgan fingerprint density at radius 1 is 0.833 bits per heavy atom. The van der Waals surface area contributed by atoms with Gasteiger partial charge in [0, 0.05) is 5.56 Å². The van der Waals surface area contributed by atoms with Crippen LogP contribution in [0.1, 0.15) is 45.0 Å². The second-order valence-electron chi connectivity index (χ2n) is 8.65. The van der Waals surface area contributed by atoms with Crippen molar-refractivity contribution in [2.75, 3.05) is 0 Å². The number of H-pyrrole nitrogens is 1. The van der Waals surface area contributed by atoms with Gasteiger partial charge < -0.3 is 0 Å². The van der Waals surface area contributed by atoms with E-state index in [-0.39, 0.29) is 6.04 Å². The Morgan fingerprint density at radius 2 is 1.43 bits per heavy atom. The molecule has 0 aliphatic carbocycles. The van der Waals surface area contributed by atoms with Gasteiger partial charge in [0.15, 0.2) is 6.04 Å². The molecule has 2 aromatic heterocycles. The fourth-order valence-corrected chi connectivity index (χ4v) is 4.96. The molecule has 0 saturated carbocycles. The highest BCUT2D eigenvalue weighted by molar-refractivity contribution is 5.48. The third kappa shape index (κ3) is 3.82. The summed E-state index contributed by atoms with van der Waals surface area (Å²) in [5.41, 5.74) is 10.6. The van der Waals surface area contributed by atoms with Crippen molar-refractivity contribution in [3.63, 3.8) is 0 Å². The van der Waals surface area contributed by atoms with Gasteiger partial charge in [-0.15, -0.1) is 0 Å². The van der Waals surface area contributed by atoms with Crippen molar-refractivity contribution >= 4 is 0 Å². The summed E-state index contributed by atoms with van der Waals surface area (Å²) in [5, 5.41) is 0. The van der Waals surface area contributed by atoms with E-state index in [9.17, 15) is 0 Å². The van der Waals surface area contributed by atoms with Gasteiger partial charge in [0.25, 0.3) is 0 Å². The minimum Gasteiger partial charge on any atom is -0.250 e. The van der Waals surface area contributed by atoms with Gasteiger partial charge in [-0.05, 0) is 63.8 Å². The molecule has 2 heterocycles. The Morgan fingerprint density at radius 3 is 2.00 bits per heavy atom. The van der Waals surface area contributed by atoms with E-state index < -0.39 is 0 Å². The molecule has 154 valence electrons. The highest BCUT2D eigenvalue weighted by Crippen LogP contribution is 2.24. The van der Waals surface area contributed by atoms with Crippen LogP contribution < -0.4 is 9.13 Å². The Bertz CT molecular complexity index is 1140. The Labute approximate surface area is 179 Å². The number of nitrogens with zero attached hydrogens (tertiary/aromatic N) is 3. The summed E-state index contributed by atoms with van der Waals surface area (Å²) in [6, 6.07) is 9.31. The maximum absolute atomic E-state index is 3.22. The molecule has 2 aromatic carbocycles. The molecular weight excluding hydrogens is 368 g/mol. The van der Waals surface area contributed by atoms with E-state index in [4.69, 9.17) is 0 Å². The van der Waals surface area contributed by atoms with Crippen LogP contribution in [-0.2, 0) is 6.54 Å². The van der Waals surface area contributed by atoms with E-state index in [2.05, 4.69) is 116 Å². The third-order valence-electron chi connectivity index (χ3n) is 5.97. The Balaban J connectivity index is 1.73. The molecule has 0 bridgehead atoms. The number of benzene rings is 2. The van der Waals surface area contributed by atoms with Crippen LogP contribution >= 0.6 is 0 Å². The zero-order valence-corrected chi connectivity index (χ0v) is 18.9. The number of nitrogens with one attached hydrogen (secondary N) is 1. The average molecular weight is 401 g/mol. The number of hydrogen-bond donors (Lipinski definition) is 1. The van der Waals surface area contributed by atoms with Gasteiger partial charge in [0.05, 0.1) is 0 Å². The smallest absolute Gasteiger partial charge is 0.249 e. The molecule has 0 spiro atoms. The number of imidazole rings is 2. The van der Waals surface area contributed by atoms with Crippen molar-refractivity contribution < 1.29 is 9.13 Å². The van der Waals surface area contributed by atoms with Crippen molar-refractivity contribution in [3.05, 3.63) is 101 Å². The highest BCUT2D eigenvalue weighted by atomic mass is 15.2. The molecule has 0 radical (unpaired) electrons. The molecule has 1 atom stereocenters. The maximum atomic E-state index is 3.22. The van der Waals surface area contributed by atoms with Gasteiger partial charge in [-0.2, -0.15) is 0 Å². The van der Waals surface area contributed by atoms with E-state index in [1.165, 1.54) is 44.6 Å². The molecule has 0 fully saturated rings. The first kappa shape index (κ1) is 20.1. The SMILES string of the molecule is Cc1cc(C)c(C(C[n+]2ccn(-c3c(C)cc(C)cc3C)c2)[n+]2cc[nH]c2)c(C)c1. The quantitative estimate of drug-likeness (QED) is 0.477. The predicted octanol–water partition coefficient (Wildman–Crippen LogP) is 4.52. The third-order valence-corrected chi connectivity index (χ3v) is 5.97. The second-order valence-corrected chi connectivity index (χ2v) is 8.65. The van der Waals surface area contributed by atoms with Gasteiger partial charge in [-0.1, -0.05) is 35.4 Å². The molecule has 0 aliphatic rings. The topological polar surface area (TPSA) is 28.5 Å². The molecule has 4 nitrogen and oxygen atoms in total. The zero-order chi connectivity index (χ0) is 21.4. The first-order valence-corrected chi connectivity index (χ1v) is 10.6. The maximum Gasteiger partial charge on any atom is 0.249 e. The van der Waals surface area contributed by atoms with Crippen LogP contribution in [0.5, 0.6) is 0 Å². The molecule has 0 amide bonds. The molecule has 4 aromatic rings. The summed E-state index contributed by atoms with van der Waals surface area (Å²) < 4.78 is 6.82. The van der Waals surface area contributed by atoms with Crippen molar-refractivity contribution in [3.8, 4) is 5.69 Å². The van der Waals surface area contributed by atoms with E-state index in [1.807, 2.05) is 6.20 Å². The number of aromatic nitrogens is 4. The summed E-state index contributed by atoms with van der Waals surface area (Å²) in [5.74, 6) is 0. The Kier molecular flexibility index (Phi) is 5.33. The lowest BCUT2D eigenvalue weighted by Crippen LogP contribution is -2.48. The monoisotopic (exact) mass is 400 g/mol. The molecule has 1 N–H and O–H groups in total. The van der Waals surface area contributed by atoms with Crippen molar-refractivity contribution in [2.45, 2.75) is 54.1 Å². The number of rotatable bonds is 5. The molecule has 4 rings (SSSR count). The van der Waals surface area contributed by atoms with Crippen LogP contribution in [-0.4, -0.2) is 9.55 Å². The molecule has 0 aliphatic heterocycles. The molecule has 1 unspecified atom stereocenters. The minimum absolute atomic E-state index is 0.220. The van der Waals surface area contributed by atoms with Crippen LogP contribution in [0, 0.1) is 41.5 Å². The molecule has 30 heavy (non-hydrogen) atoms. The largest absolute Gasteiger partial charge is 0.250 e. The molecule has 4 heteroatoms. The summed E-state index contributed by atoms with van der Waals surface area (Å²) in [6.07, 6.45) is 12.7. The lowest BCUT2D eigenvalue weighted by Gasteiger charge is -2.18. The number of hydrogen-bond acceptors (Lipinski definition) is 0.